The van der Waals surface area contributed by atoms with Gasteiger partial charge in [-0.05, 0) is 31.5 Å². The summed E-state index contributed by atoms with van der Waals surface area (Å²) >= 11 is 1.35. The molecular weight excluding hydrogens is 430 g/mol. The maximum atomic E-state index is 12.3. The minimum absolute atomic E-state index is 0. The summed E-state index contributed by atoms with van der Waals surface area (Å²) in [5.74, 6) is -1.94. The Morgan fingerprint density at radius 1 is 1.21 bits per heavy atom. The Bertz CT molecular complexity index is 748. The van der Waals surface area contributed by atoms with Crippen LogP contribution >= 0.6 is 24.2 Å². The maximum absolute atomic E-state index is 12.3. The molecule has 2 fully saturated rings. The second-order valence-electron chi connectivity index (χ2n) is 6.65. The number of phenolic OH excluding ortho intramolecular Hbond substituents is 1. The lowest BCUT2D eigenvalue weighted by atomic mass is 9.95. The van der Waals surface area contributed by atoms with Gasteiger partial charge in [-0.2, -0.15) is 0 Å². The summed E-state index contributed by atoms with van der Waals surface area (Å²) in [7, 11) is 0. The summed E-state index contributed by atoms with van der Waals surface area (Å²) in [5, 5.41) is 20.9. The van der Waals surface area contributed by atoms with Crippen molar-refractivity contribution in [2.45, 2.75) is 42.1 Å². The number of benzene rings is 1. The zero-order chi connectivity index (χ0) is 18.5. The molecule has 2 aliphatic rings. The van der Waals surface area contributed by atoms with Crippen LogP contribution in [0.2, 0.25) is 0 Å². The van der Waals surface area contributed by atoms with Crippen LogP contribution in [0, 0.1) is 0 Å². The lowest BCUT2D eigenvalue weighted by Gasteiger charge is -2.43. The SMILES string of the molecule is CC1(C)S[C@@H]2[C@H](NC(=O)[C@H](N)c3ccc(O)cc3)C(=O)N2[C@H]1C(=O)O.Cl.O.O.O. The number of carboxylic acids is 1. The largest absolute Gasteiger partial charge is 0.508 e. The molecule has 3 rings (SSSR count). The van der Waals surface area contributed by atoms with E-state index in [0.717, 1.165) is 0 Å². The van der Waals surface area contributed by atoms with Crippen LogP contribution in [0.5, 0.6) is 5.75 Å². The Labute approximate surface area is 177 Å². The van der Waals surface area contributed by atoms with Crippen molar-refractivity contribution in [1.29, 1.82) is 0 Å². The first-order valence-corrected chi connectivity index (χ1v) is 8.59. The van der Waals surface area contributed by atoms with E-state index in [1.165, 1.54) is 40.9 Å². The highest BCUT2D eigenvalue weighted by atomic mass is 35.5. The third-order valence-electron chi connectivity index (χ3n) is 4.51. The van der Waals surface area contributed by atoms with Crippen LogP contribution in [-0.4, -0.2) is 71.5 Å². The number of hydrogen-bond donors (Lipinski definition) is 4. The average Bonchev–Trinajstić information content (AvgIpc) is 2.80. The highest BCUT2D eigenvalue weighted by Crippen LogP contribution is 2.50. The first-order valence-electron chi connectivity index (χ1n) is 7.71. The van der Waals surface area contributed by atoms with E-state index in [4.69, 9.17) is 5.73 Å². The molecule has 0 aliphatic carbocycles. The molecule has 0 radical (unpaired) electrons. The molecule has 166 valence electrons. The molecule has 0 aromatic heterocycles. The monoisotopic (exact) mass is 455 g/mol. The number of carbonyl (C=O) groups is 3. The van der Waals surface area contributed by atoms with Gasteiger partial charge in [0, 0.05) is 4.75 Å². The molecule has 11 N–H and O–H groups in total. The summed E-state index contributed by atoms with van der Waals surface area (Å²) < 4.78 is -0.648. The number of carbonyl (C=O) groups excluding carboxylic acids is 2. The molecule has 13 heteroatoms. The molecule has 2 aliphatic heterocycles. The van der Waals surface area contributed by atoms with Crippen molar-refractivity contribution < 1.29 is 41.0 Å². The van der Waals surface area contributed by atoms with E-state index in [0.29, 0.717) is 5.56 Å². The molecule has 0 spiro atoms. The second kappa shape index (κ2) is 10.1. The van der Waals surface area contributed by atoms with Gasteiger partial charge in [0.2, 0.25) is 11.8 Å². The highest BCUT2D eigenvalue weighted by Gasteiger charge is 2.64. The van der Waals surface area contributed by atoms with Gasteiger partial charge < -0.3 is 42.6 Å². The Kier molecular flexibility index (Phi) is 10.1. The fraction of sp³-hybridized carbons (Fsp3) is 0.438. The molecule has 1 aromatic carbocycles. The van der Waals surface area contributed by atoms with E-state index in [-0.39, 0.29) is 34.6 Å². The molecule has 0 saturated carbocycles. The number of halogens is 1. The summed E-state index contributed by atoms with van der Waals surface area (Å²) in [4.78, 5) is 37.5. The number of fused-ring (bicyclic) bond motifs is 1. The van der Waals surface area contributed by atoms with Gasteiger partial charge in [0.05, 0.1) is 0 Å². The molecule has 4 atom stereocenters. The summed E-state index contributed by atoms with van der Waals surface area (Å²) in [6, 6.07) is 3.21. The Balaban J connectivity index is 0. The maximum Gasteiger partial charge on any atom is 0.327 e. The van der Waals surface area contributed by atoms with Crippen molar-refractivity contribution in [2.75, 3.05) is 0 Å². The van der Waals surface area contributed by atoms with E-state index in [1.54, 1.807) is 13.8 Å². The number of phenols is 1. The third-order valence-corrected chi connectivity index (χ3v) is 6.08. The van der Waals surface area contributed by atoms with E-state index in [2.05, 4.69) is 5.32 Å². The molecule has 11 nitrogen and oxygen atoms in total. The van der Waals surface area contributed by atoms with Gasteiger partial charge in [-0.3, -0.25) is 9.59 Å². The van der Waals surface area contributed by atoms with Gasteiger partial charge >= 0.3 is 5.97 Å². The normalized spacial score (nSPS) is 24.2. The van der Waals surface area contributed by atoms with E-state index < -0.39 is 46.0 Å². The number of aromatic hydroxyl groups is 1. The fourth-order valence-corrected chi connectivity index (χ4v) is 4.85. The number of aliphatic carboxylic acids is 1. The van der Waals surface area contributed by atoms with Crippen LogP contribution in [0.15, 0.2) is 24.3 Å². The van der Waals surface area contributed by atoms with Crippen LogP contribution in [0.1, 0.15) is 25.5 Å². The van der Waals surface area contributed by atoms with Gasteiger partial charge in [0.15, 0.2) is 0 Å². The minimum Gasteiger partial charge on any atom is -0.508 e. The first-order chi connectivity index (χ1) is 11.6. The summed E-state index contributed by atoms with van der Waals surface area (Å²) in [6.45, 7) is 3.53. The molecule has 1 aromatic rings. The smallest absolute Gasteiger partial charge is 0.327 e. The Hall–Kier alpha value is -2.09. The number of hydrogen-bond acceptors (Lipinski definition) is 6. The molecule has 0 bridgehead atoms. The lowest BCUT2D eigenvalue weighted by Crippen LogP contribution is -2.71. The second-order valence-corrected chi connectivity index (χ2v) is 8.42. The van der Waals surface area contributed by atoms with Gasteiger partial charge in [0.25, 0.3) is 0 Å². The van der Waals surface area contributed by atoms with Gasteiger partial charge in [0.1, 0.15) is 29.2 Å². The van der Waals surface area contributed by atoms with Crippen LogP contribution in [0.25, 0.3) is 0 Å². The lowest BCUT2D eigenvalue weighted by molar-refractivity contribution is -0.161. The standard InChI is InChI=1S/C16H19N3O5S.ClH.3H2O/c1-16(2)11(15(23)24)19-13(22)10(14(19)25-16)18-12(21)9(17)7-3-5-8(20)6-4-7;;;;/h3-6,9-11,14,20H,17H2,1-2H3,(H,18,21)(H,23,24);1H;3*1H2/t9-,10-,11+,14-;;;;/m1..../s1. The van der Waals surface area contributed by atoms with Gasteiger partial charge in [-0.25, -0.2) is 4.79 Å². The van der Waals surface area contributed by atoms with Crippen molar-refractivity contribution in [2.24, 2.45) is 5.73 Å². The molecule has 2 amide bonds. The van der Waals surface area contributed by atoms with Crippen molar-refractivity contribution in [3.05, 3.63) is 29.8 Å². The summed E-state index contributed by atoms with van der Waals surface area (Å²) in [6.07, 6.45) is 0. The number of nitrogens with one attached hydrogen (secondary N) is 1. The van der Waals surface area contributed by atoms with Crippen molar-refractivity contribution in [1.82, 2.24) is 10.2 Å². The Morgan fingerprint density at radius 3 is 2.21 bits per heavy atom. The number of nitrogens with zero attached hydrogens (tertiary/aromatic N) is 1. The predicted molar refractivity (Wildman–Crippen MR) is 109 cm³/mol. The quantitative estimate of drug-likeness (QED) is 0.371. The van der Waals surface area contributed by atoms with Crippen molar-refractivity contribution in [3.8, 4) is 5.75 Å². The third kappa shape index (κ3) is 4.91. The first kappa shape index (κ1) is 29.1. The van der Waals surface area contributed by atoms with Gasteiger partial charge in [-0.1, -0.05) is 12.1 Å². The predicted octanol–water partition coefficient (Wildman–Crippen LogP) is -2.03. The number of nitrogens with two attached hydrogens (primary N) is 1. The van der Waals surface area contributed by atoms with Gasteiger partial charge in [-0.15, -0.1) is 24.2 Å². The fourth-order valence-electron chi connectivity index (χ4n) is 3.22. The van der Waals surface area contributed by atoms with Crippen LogP contribution < -0.4 is 11.1 Å². The minimum atomic E-state index is -1.06. The zero-order valence-electron chi connectivity index (χ0n) is 15.6. The molecule has 2 saturated heterocycles. The zero-order valence-corrected chi connectivity index (χ0v) is 17.2. The average molecular weight is 456 g/mol. The molecular formula is C16H26ClN3O8S. The topological polar surface area (TPSA) is 227 Å². The molecule has 29 heavy (non-hydrogen) atoms. The number of rotatable bonds is 4. The molecule has 2 heterocycles. The Morgan fingerprint density at radius 2 is 1.72 bits per heavy atom. The summed E-state index contributed by atoms with van der Waals surface area (Å²) in [5.41, 5.74) is 6.41. The van der Waals surface area contributed by atoms with Crippen LogP contribution in [-0.2, 0) is 14.4 Å². The number of β-lactam (4-membered cyclic amide) rings is 1. The van der Waals surface area contributed by atoms with Crippen molar-refractivity contribution in [3.63, 3.8) is 0 Å². The van der Waals surface area contributed by atoms with Crippen LogP contribution in [0.3, 0.4) is 0 Å². The number of carboxylic acid groups (broad SMARTS) is 1. The van der Waals surface area contributed by atoms with Crippen molar-refractivity contribution >= 4 is 42.0 Å². The van der Waals surface area contributed by atoms with E-state index in [9.17, 15) is 24.6 Å². The number of thioether (sulfide) groups is 1. The molecule has 0 unspecified atom stereocenters. The van der Waals surface area contributed by atoms with E-state index >= 15 is 0 Å². The van der Waals surface area contributed by atoms with Crippen LogP contribution in [0.4, 0.5) is 0 Å². The van der Waals surface area contributed by atoms with E-state index in [1.807, 2.05) is 0 Å². The number of amides is 2. The highest BCUT2D eigenvalue weighted by molar-refractivity contribution is 8.01.